The third-order valence-electron chi connectivity index (χ3n) is 6.72. The highest BCUT2D eigenvalue weighted by Gasteiger charge is 2.11. The average Bonchev–Trinajstić information content (AvgIpc) is 3.31. The van der Waals surface area contributed by atoms with Crippen molar-refractivity contribution in [1.29, 1.82) is 0 Å². The van der Waals surface area contributed by atoms with Gasteiger partial charge in [0.2, 0.25) is 6.33 Å². The van der Waals surface area contributed by atoms with E-state index < -0.39 is 0 Å². The number of unbranched alkanes of at least 4 members (excludes halogenated alkanes) is 12. The van der Waals surface area contributed by atoms with Gasteiger partial charge in [-0.05, 0) is 30.0 Å². The third kappa shape index (κ3) is 9.58. The second-order valence-electron chi connectivity index (χ2n) is 9.60. The molecule has 0 N–H and O–H groups in total. The Hall–Kier alpha value is -2.35. The van der Waals surface area contributed by atoms with E-state index in [1.165, 1.54) is 107 Å². The molecule has 0 aliphatic rings. The van der Waals surface area contributed by atoms with Crippen LogP contribution in [0.15, 0.2) is 73.3 Å². The van der Waals surface area contributed by atoms with Crippen LogP contribution in [-0.2, 0) is 13.0 Å². The maximum atomic E-state index is 2.30. The SMILES string of the molecule is CCCCCCCCCCCCCCCc1ccccc1-n1cc[n+](Cc2ccccc2)c1. The molecule has 2 nitrogen and oxygen atoms in total. The van der Waals surface area contributed by atoms with Crippen LogP contribution in [0, 0.1) is 0 Å². The van der Waals surface area contributed by atoms with Crippen LogP contribution >= 0.6 is 0 Å². The summed E-state index contributed by atoms with van der Waals surface area (Å²) in [6.07, 6.45) is 26.1. The molecule has 1 heterocycles. The van der Waals surface area contributed by atoms with Gasteiger partial charge in [-0.2, -0.15) is 0 Å². The van der Waals surface area contributed by atoms with E-state index in [4.69, 9.17) is 0 Å². The van der Waals surface area contributed by atoms with Crippen molar-refractivity contribution in [3.8, 4) is 5.69 Å². The Bertz CT molecular complexity index is 881. The third-order valence-corrected chi connectivity index (χ3v) is 6.72. The van der Waals surface area contributed by atoms with Gasteiger partial charge in [0.15, 0.2) is 0 Å². The Kier molecular flexibility index (Phi) is 11.9. The van der Waals surface area contributed by atoms with Gasteiger partial charge in [-0.3, -0.25) is 0 Å². The van der Waals surface area contributed by atoms with Crippen LogP contribution in [0.5, 0.6) is 0 Å². The highest BCUT2D eigenvalue weighted by Crippen LogP contribution is 2.18. The monoisotopic (exact) mass is 445 g/mol. The molecule has 0 amide bonds. The zero-order valence-electron chi connectivity index (χ0n) is 20.9. The van der Waals surface area contributed by atoms with E-state index in [0.29, 0.717) is 0 Å². The molecule has 3 rings (SSSR count). The Labute approximate surface area is 202 Å². The molecule has 0 aliphatic carbocycles. The largest absolute Gasteiger partial charge is 0.249 e. The highest BCUT2D eigenvalue weighted by atomic mass is 15.1. The van der Waals surface area contributed by atoms with E-state index in [2.05, 4.69) is 89.4 Å². The minimum atomic E-state index is 0.912. The van der Waals surface area contributed by atoms with Gasteiger partial charge in [0.25, 0.3) is 0 Å². The van der Waals surface area contributed by atoms with E-state index in [0.717, 1.165) is 6.54 Å². The first-order valence-electron chi connectivity index (χ1n) is 13.6. The fourth-order valence-corrected chi connectivity index (χ4v) is 4.73. The highest BCUT2D eigenvalue weighted by molar-refractivity contribution is 5.40. The fraction of sp³-hybridized carbons (Fsp3) is 0.516. The number of nitrogens with zero attached hydrogens (tertiary/aromatic N) is 2. The summed E-state index contributed by atoms with van der Waals surface area (Å²) in [6.45, 7) is 3.21. The minimum absolute atomic E-state index is 0.912. The molecule has 0 saturated heterocycles. The molecule has 2 aromatic carbocycles. The number of imidazole rings is 1. The van der Waals surface area contributed by atoms with E-state index >= 15 is 0 Å². The second kappa shape index (κ2) is 15.5. The lowest BCUT2D eigenvalue weighted by atomic mass is 10.0. The summed E-state index contributed by atoms with van der Waals surface area (Å²) < 4.78 is 4.54. The molecule has 0 radical (unpaired) electrons. The molecular weight excluding hydrogens is 400 g/mol. The first-order chi connectivity index (χ1) is 16.4. The molecule has 0 aliphatic heterocycles. The number of hydrogen-bond donors (Lipinski definition) is 0. The van der Waals surface area contributed by atoms with Gasteiger partial charge in [0.05, 0.1) is 0 Å². The standard InChI is InChI=1S/C31H45N2/c1-2-3-4-5-6-7-8-9-10-11-12-13-17-22-30-23-18-19-24-31(30)33-26-25-32(28-33)27-29-20-15-14-16-21-29/h14-16,18-21,23-26,28H,2-13,17,22,27H2,1H3/q+1. The predicted octanol–water partition coefficient (Wildman–Crippen LogP) is 8.45. The molecule has 0 bridgehead atoms. The van der Waals surface area contributed by atoms with Crippen molar-refractivity contribution in [2.24, 2.45) is 0 Å². The Morgan fingerprint density at radius 3 is 1.88 bits per heavy atom. The summed E-state index contributed by atoms with van der Waals surface area (Å²) >= 11 is 0. The van der Waals surface area contributed by atoms with Crippen molar-refractivity contribution in [3.63, 3.8) is 0 Å². The summed E-state index contributed by atoms with van der Waals surface area (Å²) in [5, 5.41) is 0. The number of rotatable bonds is 17. The van der Waals surface area contributed by atoms with Gasteiger partial charge < -0.3 is 0 Å². The van der Waals surface area contributed by atoms with Crippen molar-refractivity contribution < 1.29 is 4.57 Å². The minimum Gasteiger partial charge on any atom is -0.232 e. The molecule has 0 atom stereocenters. The number of aryl methyl sites for hydroxylation is 1. The quantitative estimate of drug-likeness (QED) is 0.146. The topological polar surface area (TPSA) is 8.81 Å². The first-order valence-corrected chi connectivity index (χ1v) is 13.6. The Morgan fingerprint density at radius 1 is 0.636 bits per heavy atom. The van der Waals surface area contributed by atoms with Crippen molar-refractivity contribution in [2.75, 3.05) is 0 Å². The molecular formula is C31H45N2+. The van der Waals surface area contributed by atoms with E-state index in [-0.39, 0.29) is 0 Å². The van der Waals surface area contributed by atoms with Crippen molar-refractivity contribution >= 4 is 0 Å². The van der Waals surface area contributed by atoms with Crippen LogP contribution in [0.4, 0.5) is 0 Å². The van der Waals surface area contributed by atoms with Crippen LogP contribution in [-0.4, -0.2) is 4.57 Å². The molecule has 1 aromatic heterocycles. The van der Waals surface area contributed by atoms with E-state index in [9.17, 15) is 0 Å². The lowest BCUT2D eigenvalue weighted by Gasteiger charge is -2.06. The molecule has 0 saturated carbocycles. The predicted molar refractivity (Wildman–Crippen MR) is 141 cm³/mol. The lowest BCUT2D eigenvalue weighted by Crippen LogP contribution is -2.31. The molecule has 178 valence electrons. The molecule has 0 spiro atoms. The maximum Gasteiger partial charge on any atom is 0.249 e. The van der Waals surface area contributed by atoms with Gasteiger partial charge in [-0.25, -0.2) is 9.13 Å². The van der Waals surface area contributed by atoms with E-state index in [1.807, 2.05) is 0 Å². The Morgan fingerprint density at radius 2 is 1.21 bits per heavy atom. The van der Waals surface area contributed by atoms with Gasteiger partial charge in [-0.15, -0.1) is 0 Å². The molecule has 0 unspecified atom stereocenters. The zero-order chi connectivity index (χ0) is 23.0. The summed E-state index contributed by atoms with van der Waals surface area (Å²) in [6, 6.07) is 19.6. The normalized spacial score (nSPS) is 11.2. The molecule has 33 heavy (non-hydrogen) atoms. The van der Waals surface area contributed by atoms with Crippen molar-refractivity contribution in [3.05, 3.63) is 84.4 Å². The first kappa shape index (κ1) is 25.3. The zero-order valence-corrected chi connectivity index (χ0v) is 20.9. The molecule has 2 heteroatoms. The van der Waals surface area contributed by atoms with Crippen molar-refractivity contribution in [1.82, 2.24) is 4.57 Å². The van der Waals surface area contributed by atoms with Crippen LogP contribution in [0.1, 0.15) is 102 Å². The lowest BCUT2D eigenvalue weighted by molar-refractivity contribution is -0.687. The molecule has 3 aromatic rings. The van der Waals surface area contributed by atoms with Gasteiger partial charge in [0.1, 0.15) is 24.6 Å². The molecule has 0 fully saturated rings. The smallest absolute Gasteiger partial charge is 0.232 e. The van der Waals surface area contributed by atoms with Crippen LogP contribution in [0.25, 0.3) is 5.69 Å². The summed E-state index contributed by atoms with van der Waals surface area (Å²) in [5.41, 5.74) is 4.12. The summed E-state index contributed by atoms with van der Waals surface area (Å²) in [5.74, 6) is 0. The number of para-hydroxylation sites is 1. The van der Waals surface area contributed by atoms with E-state index in [1.54, 1.807) is 0 Å². The fourth-order valence-electron chi connectivity index (χ4n) is 4.73. The number of benzene rings is 2. The van der Waals surface area contributed by atoms with Gasteiger partial charge >= 0.3 is 0 Å². The summed E-state index contributed by atoms with van der Waals surface area (Å²) in [7, 11) is 0. The van der Waals surface area contributed by atoms with Crippen LogP contribution < -0.4 is 4.57 Å². The van der Waals surface area contributed by atoms with Crippen LogP contribution in [0.2, 0.25) is 0 Å². The number of hydrogen-bond acceptors (Lipinski definition) is 0. The Balaban J connectivity index is 1.33. The van der Waals surface area contributed by atoms with Gasteiger partial charge in [0, 0.05) is 0 Å². The van der Waals surface area contributed by atoms with Crippen molar-refractivity contribution in [2.45, 2.75) is 103 Å². The second-order valence-corrected chi connectivity index (χ2v) is 9.60. The van der Waals surface area contributed by atoms with Crippen LogP contribution in [0.3, 0.4) is 0 Å². The number of aromatic nitrogens is 2. The average molecular weight is 446 g/mol. The summed E-state index contributed by atoms with van der Waals surface area (Å²) in [4.78, 5) is 0. The maximum absolute atomic E-state index is 2.30. The van der Waals surface area contributed by atoms with Gasteiger partial charge in [-0.1, -0.05) is 133 Å².